The van der Waals surface area contributed by atoms with E-state index in [1.807, 2.05) is 10.8 Å². The summed E-state index contributed by atoms with van der Waals surface area (Å²) in [6.45, 7) is 2.44. The Kier molecular flexibility index (Phi) is 4.68. The second-order valence-electron chi connectivity index (χ2n) is 4.34. The average Bonchev–Trinajstić information content (AvgIpc) is 2.69. The van der Waals surface area contributed by atoms with Crippen molar-refractivity contribution >= 4 is 34.4 Å². The summed E-state index contributed by atoms with van der Waals surface area (Å²) in [6.07, 6.45) is 2.93. The van der Waals surface area contributed by atoms with Gasteiger partial charge in [-0.15, -0.1) is 11.6 Å². The molecule has 1 heterocycles. The summed E-state index contributed by atoms with van der Waals surface area (Å²) >= 11 is 7.81. The van der Waals surface area contributed by atoms with Crippen molar-refractivity contribution in [1.82, 2.24) is 9.55 Å². The number of alkyl halides is 1. The van der Waals surface area contributed by atoms with E-state index in [0.717, 1.165) is 18.2 Å². The van der Waals surface area contributed by atoms with Gasteiger partial charge in [-0.1, -0.05) is 0 Å². The third-order valence-electron chi connectivity index (χ3n) is 2.89. The van der Waals surface area contributed by atoms with Crippen molar-refractivity contribution in [3.8, 4) is 0 Å². The van der Waals surface area contributed by atoms with Crippen LogP contribution in [0.25, 0.3) is 11.0 Å². The topological polar surface area (TPSA) is 17.8 Å². The molecular formula is C13H15ClF2N2S. The number of nitrogens with zero attached hydrogens (tertiary/aromatic N) is 2. The van der Waals surface area contributed by atoms with Gasteiger partial charge < -0.3 is 4.57 Å². The smallest absolute Gasteiger partial charge is 0.153 e. The minimum absolute atomic E-state index is 0.188. The number of hydrogen-bond acceptors (Lipinski definition) is 2. The largest absolute Gasteiger partial charge is 0.327 e. The molecule has 0 saturated carbocycles. The molecule has 0 spiro atoms. The number of aryl methyl sites for hydroxylation is 1. The monoisotopic (exact) mass is 304 g/mol. The van der Waals surface area contributed by atoms with Crippen LogP contribution in [0.1, 0.15) is 24.5 Å². The fourth-order valence-electron chi connectivity index (χ4n) is 2.07. The summed E-state index contributed by atoms with van der Waals surface area (Å²) in [4.78, 5) is 4.21. The SMILES string of the molecule is CSCCCn1c(C(C)Cl)nc2c(F)cc(F)cc21. The fraction of sp³-hybridized carbons (Fsp3) is 0.462. The Morgan fingerprint density at radius 2 is 2.16 bits per heavy atom. The quantitative estimate of drug-likeness (QED) is 0.603. The molecule has 0 aliphatic carbocycles. The number of fused-ring (bicyclic) bond motifs is 1. The van der Waals surface area contributed by atoms with Crippen molar-refractivity contribution < 1.29 is 8.78 Å². The predicted octanol–water partition coefficient (Wildman–Crippen LogP) is 4.37. The summed E-state index contributed by atoms with van der Waals surface area (Å²) in [5, 5.41) is -0.343. The van der Waals surface area contributed by atoms with Crippen LogP contribution in [0.5, 0.6) is 0 Å². The van der Waals surface area contributed by atoms with Crippen molar-refractivity contribution in [3.63, 3.8) is 0 Å². The van der Waals surface area contributed by atoms with Gasteiger partial charge in [0.05, 0.1) is 10.9 Å². The van der Waals surface area contributed by atoms with E-state index in [1.54, 1.807) is 18.7 Å². The number of halogens is 3. The zero-order valence-electron chi connectivity index (χ0n) is 10.8. The second-order valence-corrected chi connectivity index (χ2v) is 5.98. The van der Waals surface area contributed by atoms with Gasteiger partial charge in [-0.05, 0) is 31.4 Å². The summed E-state index contributed by atoms with van der Waals surface area (Å²) in [5.74, 6) is 0.331. The average molecular weight is 305 g/mol. The van der Waals surface area contributed by atoms with Gasteiger partial charge in [0.1, 0.15) is 17.2 Å². The van der Waals surface area contributed by atoms with Crippen LogP contribution in [0, 0.1) is 11.6 Å². The molecule has 1 aromatic carbocycles. The van der Waals surface area contributed by atoms with Crippen molar-refractivity contribution in [2.24, 2.45) is 0 Å². The first-order valence-corrected chi connectivity index (χ1v) is 7.85. The third-order valence-corrected chi connectivity index (χ3v) is 3.78. The first-order valence-electron chi connectivity index (χ1n) is 6.02. The van der Waals surface area contributed by atoms with Crippen molar-refractivity contribution in [1.29, 1.82) is 0 Å². The van der Waals surface area contributed by atoms with Crippen LogP contribution in [0.4, 0.5) is 8.78 Å². The van der Waals surface area contributed by atoms with Gasteiger partial charge in [-0.3, -0.25) is 0 Å². The van der Waals surface area contributed by atoms with Crippen LogP contribution in [-0.4, -0.2) is 21.6 Å². The molecule has 0 radical (unpaired) electrons. The molecule has 6 heteroatoms. The predicted molar refractivity (Wildman–Crippen MR) is 76.9 cm³/mol. The minimum atomic E-state index is -0.641. The maximum atomic E-state index is 13.7. The molecule has 19 heavy (non-hydrogen) atoms. The highest BCUT2D eigenvalue weighted by Crippen LogP contribution is 2.27. The molecule has 104 valence electrons. The molecule has 0 fully saturated rings. The number of aromatic nitrogens is 2. The van der Waals surface area contributed by atoms with E-state index < -0.39 is 11.6 Å². The molecule has 1 aromatic heterocycles. The van der Waals surface area contributed by atoms with E-state index in [-0.39, 0.29) is 10.9 Å². The summed E-state index contributed by atoms with van der Waals surface area (Å²) in [5.41, 5.74) is 0.661. The van der Waals surface area contributed by atoms with Gasteiger partial charge in [0.25, 0.3) is 0 Å². The molecule has 0 saturated heterocycles. The molecule has 0 amide bonds. The lowest BCUT2D eigenvalue weighted by molar-refractivity contribution is 0.589. The summed E-state index contributed by atoms with van der Waals surface area (Å²) in [6, 6.07) is 2.16. The van der Waals surface area contributed by atoms with E-state index in [0.29, 0.717) is 17.9 Å². The van der Waals surface area contributed by atoms with Crippen LogP contribution < -0.4 is 0 Å². The first-order chi connectivity index (χ1) is 9.04. The molecule has 2 rings (SSSR count). The highest BCUT2D eigenvalue weighted by Gasteiger charge is 2.18. The molecule has 0 N–H and O–H groups in total. The van der Waals surface area contributed by atoms with E-state index in [4.69, 9.17) is 11.6 Å². The van der Waals surface area contributed by atoms with E-state index in [2.05, 4.69) is 4.98 Å². The van der Waals surface area contributed by atoms with E-state index >= 15 is 0 Å². The molecule has 2 nitrogen and oxygen atoms in total. The first kappa shape index (κ1) is 14.6. The zero-order chi connectivity index (χ0) is 14.0. The van der Waals surface area contributed by atoms with Gasteiger partial charge in [0.2, 0.25) is 0 Å². The van der Waals surface area contributed by atoms with Crippen molar-refractivity contribution in [2.75, 3.05) is 12.0 Å². The van der Waals surface area contributed by atoms with Gasteiger partial charge >= 0.3 is 0 Å². The maximum Gasteiger partial charge on any atom is 0.153 e. The normalized spacial score (nSPS) is 13.1. The second kappa shape index (κ2) is 6.09. The minimum Gasteiger partial charge on any atom is -0.327 e. The van der Waals surface area contributed by atoms with Gasteiger partial charge in [0, 0.05) is 12.6 Å². The van der Waals surface area contributed by atoms with Gasteiger partial charge in [0.15, 0.2) is 5.82 Å². The lowest BCUT2D eigenvalue weighted by atomic mass is 10.3. The number of imidazole rings is 1. The Bertz CT molecular complexity index is 584. The van der Waals surface area contributed by atoms with Crippen LogP contribution in [-0.2, 0) is 6.54 Å². The Labute approximate surface area is 120 Å². The summed E-state index contributed by atoms with van der Waals surface area (Å²) in [7, 11) is 0. The van der Waals surface area contributed by atoms with Crippen molar-refractivity contribution in [2.45, 2.75) is 25.3 Å². The zero-order valence-corrected chi connectivity index (χ0v) is 12.4. The highest BCUT2D eigenvalue weighted by molar-refractivity contribution is 7.98. The number of rotatable bonds is 5. The van der Waals surface area contributed by atoms with Crippen LogP contribution in [0.2, 0.25) is 0 Å². The van der Waals surface area contributed by atoms with Gasteiger partial charge in [-0.25, -0.2) is 13.8 Å². The molecule has 0 aliphatic rings. The molecular weight excluding hydrogens is 290 g/mol. The van der Waals surface area contributed by atoms with E-state index in [1.165, 1.54) is 6.07 Å². The van der Waals surface area contributed by atoms with Crippen LogP contribution in [0.3, 0.4) is 0 Å². The number of hydrogen-bond donors (Lipinski definition) is 0. The lowest BCUT2D eigenvalue weighted by Gasteiger charge is -2.10. The number of thioether (sulfide) groups is 1. The maximum absolute atomic E-state index is 13.7. The molecule has 2 aromatic rings. The van der Waals surface area contributed by atoms with Crippen LogP contribution >= 0.6 is 23.4 Å². The third kappa shape index (κ3) is 3.03. The standard InChI is InChI=1S/C13H15ClF2N2S/c1-8(14)13-17-12-10(16)6-9(15)7-11(12)18(13)4-3-5-19-2/h6-8H,3-5H2,1-2H3. The van der Waals surface area contributed by atoms with Gasteiger partial charge in [-0.2, -0.15) is 11.8 Å². The summed E-state index contributed by atoms with van der Waals surface area (Å²) < 4.78 is 28.9. The molecule has 1 atom stereocenters. The van der Waals surface area contributed by atoms with E-state index in [9.17, 15) is 8.78 Å². The molecule has 0 bridgehead atoms. The Morgan fingerprint density at radius 3 is 2.79 bits per heavy atom. The Hall–Kier alpha value is -0.810. The fourth-order valence-corrected chi connectivity index (χ4v) is 2.66. The molecule has 0 aliphatic heterocycles. The Balaban J connectivity index is 2.52. The Morgan fingerprint density at radius 1 is 1.42 bits per heavy atom. The number of benzene rings is 1. The lowest BCUT2D eigenvalue weighted by Crippen LogP contribution is -2.05. The van der Waals surface area contributed by atoms with Crippen LogP contribution in [0.15, 0.2) is 12.1 Å². The molecule has 1 unspecified atom stereocenters. The van der Waals surface area contributed by atoms with Crippen molar-refractivity contribution in [3.05, 3.63) is 29.6 Å². The highest BCUT2D eigenvalue weighted by atomic mass is 35.5.